The fourth-order valence-electron chi connectivity index (χ4n) is 2.69. The summed E-state index contributed by atoms with van der Waals surface area (Å²) in [7, 11) is -3.64. The zero-order valence-electron chi connectivity index (χ0n) is 17.4. The SMILES string of the molecule is CCCNS(=O)(=O)c1ccc(OCC(=O)Nc2ccccc2Sc2ccccc2)c(Cl)c1. The Morgan fingerprint density at radius 3 is 2.47 bits per heavy atom. The molecule has 32 heavy (non-hydrogen) atoms. The number of amides is 1. The van der Waals surface area contributed by atoms with E-state index in [-0.39, 0.29) is 28.2 Å². The molecule has 0 saturated carbocycles. The van der Waals surface area contributed by atoms with Gasteiger partial charge in [-0.3, -0.25) is 4.79 Å². The Bertz CT molecular complexity index is 1170. The summed E-state index contributed by atoms with van der Waals surface area (Å²) in [5, 5.41) is 2.95. The van der Waals surface area contributed by atoms with Crippen LogP contribution < -0.4 is 14.8 Å². The molecule has 6 nitrogen and oxygen atoms in total. The minimum atomic E-state index is -3.64. The van der Waals surface area contributed by atoms with Crippen molar-refractivity contribution in [1.82, 2.24) is 4.72 Å². The minimum Gasteiger partial charge on any atom is -0.482 e. The highest BCUT2D eigenvalue weighted by Gasteiger charge is 2.16. The van der Waals surface area contributed by atoms with E-state index in [1.807, 2.05) is 61.5 Å². The molecule has 0 aliphatic carbocycles. The quantitative estimate of drug-likeness (QED) is 0.408. The number of sulfonamides is 1. The molecule has 3 aromatic carbocycles. The minimum absolute atomic E-state index is 0.0413. The first-order valence-corrected chi connectivity index (χ1v) is 12.6. The van der Waals surface area contributed by atoms with E-state index in [0.717, 1.165) is 9.79 Å². The van der Waals surface area contributed by atoms with Gasteiger partial charge >= 0.3 is 0 Å². The van der Waals surface area contributed by atoms with Crippen molar-refractivity contribution in [2.45, 2.75) is 28.0 Å². The Morgan fingerprint density at radius 1 is 1.03 bits per heavy atom. The van der Waals surface area contributed by atoms with Crippen LogP contribution in [0.3, 0.4) is 0 Å². The summed E-state index contributed by atoms with van der Waals surface area (Å²) in [6, 6.07) is 21.5. The number of nitrogens with one attached hydrogen (secondary N) is 2. The number of anilines is 1. The lowest BCUT2D eigenvalue weighted by atomic mass is 10.3. The molecule has 0 atom stereocenters. The lowest BCUT2D eigenvalue weighted by molar-refractivity contribution is -0.118. The first-order chi connectivity index (χ1) is 15.4. The van der Waals surface area contributed by atoms with Crippen LogP contribution in [0, 0.1) is 0 Å². The van der Waals surface area contributed by atoms with Gasteiger partial charge in [-0.25, -0.2) is 13.1 Å². The highest BCUT2D eigenvalue weighted by atomic mass is 35.5. The van der Waals surface area contributed by atoms with E-state index < -0.39 is 10.0 Å². The predicted molar refractivity (Wildman–Crippen MR) is 128 cm³/mol. The summed E-state index contributed by atoms with van der Waals surface area (Å²) < 4.78 is 32.4. The van der Waals surface area contributed by atoms with Gasteiger partial charge in [0.1, 0.15) is 5.75 Å². The molecule has 0 aliphatic heterocycles. The number of benzene rings is 3. The number of halogens is 1. The van der Waals surface area contributed by atoms with Gasteiger partial charge in [0.15, 0.2) is 6.61 Å². The summed E-state index contributed by atoms with van der Waals surface area (Å²) in [4.78, 5) is 14.5. The van der Waals surface area contributed by atoms with Crippen molar-refractivity contribution in [3.8, 4) is 5.75 Å². The first-order valence-electron chi connectivity index (χ1n) is 9.93. The van der Waals surface area contributed by atoms with E-state index in [9.17, 15) is 13.2 Å². The van der Waals surface area contributed by atoms with Crippen molar-refractivity contribution in [3.05, 3.63) is 77.8 Å². The number of hydrogen-bond acceptors (Lipinski definition) is 5. The van der Waals surface area contributed by atoms with Gasteiger partial charge < -0.3 is 10.1 Å². The smallest absolute Gasteiger partial charge is 0.262 e. The highest BCUT2D eigenvalue weighted by Crippen LogP contribution is 2.33. The molecule has 0 aromatic heterocycles. The molecule has 168 valence electrons. The second kappa shape index (κ2) is 11.4. The van der Waals surface area contributed by atoms with Crippen LogP contribution in [0.5, 0.6) is 5.75 Å². The first kappa shape index (κ1) is 24.1. The normalized spacial score (nSPS) is 11.2. The maximum Gasteiger partial charge on any atom is 0.262 e. The molecule has 0 spiro atoms. The molecule has 0 saturated heterocycles. The van der Waals surface area contributed by atoms with Crippen molar-refractivity contribution < 1.29 is 17.9 Å². The summed E-state index contributed by atoms with van der Waals surface area (Å²) in [5.74, 6) is -0.133. The molecule has 0 heterocycles. The van der Waals surface area contributed by atoms with Crippen LogP contribution in [0.1, 0.15) is 13.3 Å². The number of para-hydroxylation sites is 1. The van der Waals surface area contributed by atoms with Crippen LogP contribution in [-0.2, 0) is 14.8 Å². The number of hydrogen-bond donors (Lipinski definition) is 2. The molecule has 0 bridgehead atoms. The Morgan fingerprint density at radius 2 is 1.75 bits per heavy atom. The lowest BCUT2D eigenvalue weighted by Crippen LogP contribution is -2.24. The monoisotopic (exact) mass is 490 g/mol. The summed E-state index contributed by atoms with van der Waals surface area (Å²) >= 11 is 7.72. The van der Waals surface area contributed by atoms with Crippen molar-refractivity contribution in [3.63, 3.8) is 0 Å². The largest absolute Gasteiger partial charge is 0.482 e. The molecule has 0 fully saturated rings. The maximum atomic E-state index is 12.5. The molecule has 3 rings (SSSR count). The molecule has 0 radical (unpaired) electrons. The molecule has 0 unspecified atom stereocenters. The van der Waals surface area contributed by atoms with Gasteiger partial charge in [0.2, 0.25) is 10.0 Å². The van der Waals surface area contributed by atoms with Gasteiger partial charge in [0.05, 0.1) is 15.6 Å². The van der Waals surface area contributed by atoms with Crippen LogP contribution in [-0.4, -0.2) is 27.5 Å². The van der Waals surface area contributed by atoms with Crippen molar-refractivity contribution in [2.24, 2.45) is 0 Å². The predicted octanol–water partition coefficient (Wildman–Crippen LogP) is 5.20. The molecular weight excluding hydrogens is 468 g/mol. The zero-order valence-corrected chi connectivity index (χ0v) is 19.8. The standard InChI is InChI=1S/C23H23ClN2O4S2/c1-2-14-25-32(28,29)18-12-13-21(19(24)15-18)30-16-23(27)26-20-10-6-7-11-22(20)31-17-8-4-3-5-9-17/h3-13,15,25H,2,14,16H2,1H3,(H,26,27). The van der Waals surface area contributed by atoms with Gasteiger partial charge in [0.25, 0.3) is 5.91 Å². The van der Waals surface area contributed by atoms with E-state index in [2.05, 4.69) is 10.0 Å². The van der Waals surface area contributed by atoms with Crippen molar-refractivity contribution in [2.75, 3.05) is 18.5 Å². The molecule has 9 heteroatoms. The highest BCUT2D eigenvalue weighted by molar-refractivity contribution is 7.99. The van der Waals surface area contributed by atoms with Gasteiger partial charge in [-0.1, -0.05) is 60.6 Å². The third-order valence-corrected chi connectivity index (χ3v) is 7.08. The fourth-order valence-corrected chi connectivity index (χ4v) is 5.07. The number of carbonyl (C=O) groups is 1. The molecule has 3 aromatic rings. The van der Waals surface area contributed by atoms with Gasteiger partial charge in [-0.05, 0) is 48.9 Å². The van der Waals surface area contributed by atoms with Crippen LogP contribution in [0.4, 0.5) is 5.69 Å². The van der Waals surface area contributed by atoms with Crippen molar-refractivity contribution in [1.29, 1.82) is 0 Å². The summed E-state index contributed by atoms with van der Waals surface area (Å²) in [5.41, 5.74) is 0.671. The second-order valence-corrected chi connectivity index (χ2v) is 10.0. The number of carbonyl (C=O) groups excluding carboxylic acids is 1. The summed E-state index contributed by atoms with van der Waals surface area (Å²) in [6.45, 7) is 1.93. The third kappa shape index (κ3) is 6.74. The van der Waals surface area contributed by atoms with Gasteiger partial charge in [-0.2, -0.15) is 0 Å². The van der Waals surface area contributed by atoms with Gasteiger partial charge in [0, 0.05) is 16.3 Å². The third-order valence-electron chi connectivity index (χ3n) is 4.25. The molecular formula is C23H23ClN2O4S2. The van der Waals surface area contributed by atoms with Gasteiger partial charge in [-0.15, -0.1) is 0 Å². The topological polar surface area (TPSA) is 84.5 Å². The Kier molecular flexibility index (Phi) is 8.58. The lowest BCUT2D eigenvalue weighted by Gasteiger charge is -2.13. The molecule has 2 N–H and O–H groups in total. The van der Waals surface area contributed by atoms with E-state index in [1.165, 1.54) is 18.2 Å². The Labute approximate surface area is 197 Å². The maximum absolute atomic E-state index is 12.5. The Balaban J connectivity index is 1.62. The van der Waals surface area contributed by atoms with Crippen molar-refractivity contribution >= 4 is 45.0 Å². The Hall–Kier alpha value is -2.52. The van der Waals surface area contributed by atoms with E-state index >= 15 is 0 Å². The number of rotatable bonds is 10. The molecule has 0 aliphatic rings. The van der Waals surface area contributed by atoms with Crippen LogP contribution in [0.15, 0.2) is 87.5 Å². The number of ether oxygens (including phenoxy) is 1. The average Bonchev–Trinajstić information content (AvgIpc) is 2.79. The zero-order chi connectivity index (χ0) is 23.0. The molecule has 1 amide bonds. The van der Waals surface area contributed by atoms with Crippen LogP contribution in [0.25, 0.3) is 0 Å². The van der Waals surface area contributed by atoms with Crippen LogP contribution >= 0.6 is 23.4 Å². The van der Waals surface area contributed by atoms with Crippen LogP contribution in [0.2, 0.25) is 5.02 Å². The van der Waals surface area contributed by atoms with E-state index in [0.29, 0.717) is 18.7 Å². The average molecular weight is 491 g/mol. The van der Waals surface area contributed by atoms with E-state index in [1.54, 1.807) is 11.8 Å². The summed E-state index contributed by atoms with van der Waals surface area (Å²) in [6.07, 6.45) is 0.677. The van der Waals surface area contributed by atoms with E-state index in [4.69, 9.17) is 16.3 Å². The fraction of sp³-hybridized carbons (Fsp3) is 0.174. The second-order valence-electron chi connectivity index (χ2n) is 6.74.